The van der Waals surface area contributed by atoms with Crippen LogP contribution in [0.4, 0.5) is 0 Å². The van der Waals surface area contributed by atoms with Gasteiger partial charge in [0.05, 0.1) is 0 Å². The lowest BCUT2D eigenvalue weighted by molar-refractivity contribution is 1.84. The molecular formula is C20H14S2. The summed E-state index contributed by atoms with van der Waals surface area (Å²) in [5, 5.41) is 6.22. The van der Waals surface area contributed by atoms with Gasteiger partial charge in [0, 0.05) is 24.9 Å². The van der Waals surface area contributed by atoms with Crippen LogP contribution in [-0.2, 0) is 0 Å². The zero-order valence-corrected chi connectivity index (χ0v) is 13.5. The molecule has 3 aromatic carbocycles. The molecule has 0 unspecified atom stereocenters. The average molecular weight is 318 g/mol. The molecule has 5 aromatic rings. The van der Waals surface area contributed by atoms with Gasteiger partial charge in [0.2, 0.25) is 0 Å². The molecule has 0 saturated heterocycles. The van der Waals surface area contributed by atoms with E-state index < -0.39 is 0 Å². The molecule has 0 bridgehead atoms. The van der Waals surface area contributed by atoms with E-state index in [9.17, 15) is 0 Å². The van der Waals surface area contributed by atoms with Gasteiger partial charge in [0.15, 0.2) is 0 Å². The maximum Gasteiger partial charge on any atom is 0.0355 e. The van der Waals surface area contributed by atoms with Gasteiger partial charge in [-0.05, 0) is 35.0 Å². The Bertz CT molecular complexity index is 957. The lowest BCUT2D eigenvalue weighted by Gasteiger charge is -1.88. The van der Waals surface area contributed by atoms with E-state index in [0.29, 0.717) is 0 Å². The van der Waals surface area contributed by atoms with Crippen LogP contribution in [0, 0.1) is 0 Å². The van der Waals surface area contributed by atoms with Gasteiger partial charge in [-0.3, -0.25) is 0 Å². The van der Waals surface area contributed by atoms with Crippen LogP contribution in [0.3, 0.4) is 0 Å². The third-order valence-electron chi connectivity index (χ3n) is 3.65. The molecule has 0 saturated carbocycles. The lowest BCUT2D eigenvalue weighted by atomic mass is 10.2. The van der Waals surface area contributed by atoms with Crippen molar-refractivity contribution in [1.82, 2.24) is 0 Å². The second-order valence-corrected chi connectivity index (χ2v) is 7.08. The Labute approximate surface area is 137 Å². The van der Waals surface area contributed by atoms with Crippen molar-refractivity contribution >= 4 is 52.9 Å². The Kier molecular flexibility index (Phi) is 3.63. The zero-order chi connectivity index (χ0) is 14.8. The van der Waals surface area contributed by atoms with E-state index in [1.165, 1.54) is 30.3 Å². The van der Waals surface area contributed by atoms with E-state index in [1.54, 1.807) is 11.3 Å². The van der Waals surface area contributed by atoms with Crippen LogP contribution in [0.5, 0.6) is 0 Å². The molecule has 0 aliphatic rings. The summed E-state index contributed by atoms with van der Waals surface area (Å²) in [5.41, 5.74) is 0. The predicted octanol–water partition coefficient (Wildman–Crippen LogP) is 6.96. The number of thiophene rings is 2. The molecule has 106 valence electrons. The first-order valence-corrected chi connectivity index (χ1v) is 8.90. The van der Waals surface area contributed by atoms with Crippen molar-refractivity contribution in [2.45, 2.75) is 0 Å². The van der Waals surface area contributed by atoms with Gasteiger partial charge in [-0.1, -0.05) is 54.6 Å². The van der Waals surface area contributed by atoms with Gasteiger partial charge in [0.1, 0.15) is 0 Å². The van der Waals surface area contributed by atoms with E-state index in [1.807, 2.05) is 11.3 Å². The zero-order valence-electron chi connectivity index (χ0n) is 11.9. The smallest absolute Gasteiger partial charge is 0.0355 e. The highest BCUT2D eigenvalue weighted by molar-refractivity contribution is 7.25. The van der Waals surface area contributed by atoms with Crippen molar-refractivity contribution in [2.24, 2.45) is 0 Å². The number of rotatable bonds is 0. The third kappa shape index (κ3) is 2.52. The minimum Gasteiger partial charge on any atom is -0.144 e. The molecule has 0 radical (unpaired) electrons. The Hall–Kier alpha value is -2.16. The van der Waals surface area contributed by atoms with E-state index in [2.05, 4.69) is 84.2 Å². The molecule has 0 fully saturated rings. The van der Waals surface area contributed by atoms with Crippen LogP contribution in [0.15, 0.2) is 84.2 Å². The second-order valence-electron chi connectivity index (χ2n) is 5.05. The first kappa shape index (κ1) is 13.5. The molecule has 0 aliphatic heterocycles. The van der Waals surface area contributed by atoms with Crippen molar-refractivity contribution < 1.29 is 0 Å². The molecule has 2 heteroatoms. The average Bonchev–Trinajstić information content (AvgIpc) is 3.19. The van der Waals surface area contributed by atoms with Crippen LogP contribution >= 0.6 is 22.7 Å². The number of benzene rings is 3. The van der Waals surface area contributed by atoms with E-state index in [4.69, 9.17) is 0 Å². The second kappa shape index (κ2) is 5.91. The fourth-order valence-corrected chi connectivity index (χ4v) is 4.48. The number of fused-ring (bicyclic) bond motifs is 4. The van der Waals surface area contributed by atoms with Crippen LogP contribution < -0.4 is 0 Å². The van der Waals surface area contributed by atoms with Crippen molar-refractivity contribution in [3.63, 3.8) is 0 Å². The summed E-state index contributed by atoms with van der Waals surface area (Å²) in [7, 11) is 0. The summed E-state index contributed by atoms with van der Waals surface area (Å²) in [5.74, 6) is 0. The fraction of sp³-hybridized carbons (Fsp3) is 0. The van der Waals surface area contributed by atoms with Gasteiger partial charge in [0.25, 0.3) is 0 Å². The first-order chi connectivity index (χ1) is 10.9. The molecule has 0 spiro atoms. The molecule has 0 nitrogen and oxygen atoms in total. The van der Waals surface area contributed by atoms with Crippen LogP contribution in [-0.4, -0.2) is 0 Å². The highest BCUT2D eigenvalue weighted by atomic mass is 32.1. The van der Waals surface area contributed by atoms with E-state index >= 15 is 0 Å². The number of hydrogen-bond donors (Lipinski definition) is 0. The summed E-state index contributed by atoms with van der Waals surface area (Å²) in [6.07, 6.45) is 0. The Morgan fingerprint density at radius 3 is 1.68 bits per heavy atom. The van der Waals surface area contributed by atoms with Gasteiger partial charge in [-0.15, -0.1) is 22.7 Å². The molecule has 5 rings (SSSR count). The minimum absolute atomic E-state index is 1.35. The SMILES string of the molecule is c1ccc2c(c1)sc1ccccc12.c1ccc2sccc2c1. The summed E-state index contributed by atoms with van der Waals surface area (Å²) < 4.78 is 4.13. The normalized spacial score (nSPS) is 10.7. The summed E-state index contributed by atoms with van der Waals surface area (Å²) >= 11 is 3.65. The molecule has 0 atom stereocenters. The standard InChI is InChI=1S/C12H8S.C8H6S/c1-3-7-11-9(5-1)10-6-2-4-8-12(10)13-11;1-2-4-8-7(3-1)5-6-9-8/h1-8H;1-6H. The summed E-state index contributed by atoms with van der Waals surface area (Å²) in [6, 6.07) is 27.7. The maximum atomic E-state index is 2.19. The lowest BCUT2D eigenvalue weighted by Crippen LogP contribution is -1.62. The molecule has 0 amide bonds. The van der Waals surface area contributed by atoms with Gasteiger partial charge >= 0.3 is 0 Å². The largest absolute Gasteiger partial charge is 0.144 e. The van der Waals surface area contributed by atoms with Crippen LogP contribution in [0.1, 0.15) is 0 Å². The molecule has 2 heterocycles. The molecule has 0 N–H and O–H groups in total. The van der Waals surface area contributed by atoms with Crippen molar-refractivity contribution in [2.75, 3.05) is 0 Å². The molecule has 0 aliphatic carbocycles. The molecule has 22 heavy (non-hydrogen) atoms. The third-order valence-corrected chi connectivity index (χ3v) is 5.70. The Morgan fingerprint density at radius 2 is 1.05 bits per heavy atom. The van der Waals surface area contributed by atoms with Gasteiger partial charge in [-0.2, -0.15) is 0 Å². The van der Waals surface area contributed by atoms with Gasteiger partial charge in [-0.25, -0.2) is 0 Å². The maximum absolute atomic E-state index is 2.19. The highest BCUT2D eigenvalue weighted by Crippen LogP contribution is 2.32. The number of hydrogen-bond acceptors (Lipinski definition) is 2. The summed E-state index contributed by atoms with van der Waals surface area (Å²) in [6.45, 7) is 0. The van der Waals surface area contributed by atoms with Crippen molar-refractivity contribution in [3.8, 4) is 0 Å². The monoisotopic (exact) mass is 318 g/mol. The van der Waals surface area contributed by atoms with Gasteiger partial charge < -0.3 is 0 Å². The Morgan fingerprint density at radius 1 is 0.500 bits per heavy atom. The van der Waals surface area contributed by atoms with Crippen LogP contribution in [0.2, 0.25) is 0 Å². The van der Waals surface area contributed by atoms with Crippen LogP contribution in [0.25, 0.3) is 30.3 Å². The van der Waals surface area contributed by atoms with E-state index in [0.717, 1.165) is 0 Å². The first-order valence-electron chi connectivity index (χ1n) is 7.20. The highest BCUT2D eigenvalue weighted by Gasteiger charge is 2.01. The quantitative estimate of drug-likeness (QED) is 0.289. The Balaban J connectivity index is 0.000000122. The van der Waals surface area contributed by atoms with Crippen molar-refractivity contribution in [1.29, 1.82) is 0 Å². The topological polar surface area (TPSA) is 0 Å². The molecule has 2 aromatic heterocycles. The fourth-order valence-electron chi connectivity index (χ4n) is 2.58. The predicted molar refractivity (Wildman–Crippen MR) is 101 cm³/mol. The minimum atomic E-state index is 1.35. The molecular weight excluding hydrogens is 304 g/mol. The van der Waals surface area contributed by atoms with E-state index in [-0.39, 0.29) is 0 Å². The van der Waals surface area contributed by atoms with Crippen molar-refractivity contribution in [3.05, 3.63) is 84.2 Å². The summed E-state index contributed by atoms with van der Waals surface area (Å²) in [4.78, 5) is 0.